The minimum absolute atomic E-state index is 0.0449. The smallest absolute Gasteiger partial charge is 0.322 e. The van der Waals surface area contributed by atoms with Crippen LogP contribution in [0.1, 0.15) is 13.8 Å². The highest BCUT2D eigenvalue weighted by molar-refractivity contribution is 7.14. The first-order chi connectivity index (χ1) is 11.5. The molecule has 1 aliphatic rings. The molecule has 0 saturated carbocycles. The van der Waals surface area contributed by atoms with Gasteiger partial charge in [-0.15, -0.1) is 11.3 Å². The van der Waals surface area contributed by atoms with E-state index < -0.39 is 0 Å². The second kappa shape index (κ2) is 7.36. The number of nitrogens with one attached hydrogen (secondary N) is 1. The van der Waals surface area contributed by atoms with Gasteiger partial charge in [0.2, 0.25) is 5.28 Å². The molecule has 2 amide bonds. The molecule has 1 atom stereocenters. The first kappa shape index (κ1) is 17.0. The fourth-order valence-electron chi connectivity index (χ4n) is 2.87. The van der Waals surface area contributed by atoms with Crippen LogP contribution in [-0.4, -0.2) is 46.6 Å². The molecule has 1 N–H and O–H groups in total. The molecule has 3 heterocycles. The van der Waals surface area contributed by atoms with E-state index in [1.807, 2.05) is 28.5 Å². The number of urea groups is 1. The Morgan fingerprint density at radius 2 is 2.25 bits per heavy atom. The van der Waals surface area contributed by atoms with E-state index in [4.69, 9.17) is 11.6 Å². The van der Waals surface area contributed by atoms with Gasteiger partial charge < -0.3 is 9.80 Å². The summed E-state index contributed by atoms with van der Waals surface area (Å²) in [6, 6.07) is 5.75. The Bertz CT molecular complexity index is 694. The average molecular weight is 366 g/mol. The summed E-state index contributed by atoms with van der Waals surface area (Å²) in [4.78, 5) is 24.9. The Balaban J connectivity index is 1.72. The van der Waals surface area contributed by atoms with Crippen LogP contribution in [-0.2, 0) is 0 Å². The largest absolute Gasteiger partial charge is 0.353 e. The van der Waals surface area contributed by atoms with Crippen molar-refractivity contribution in [1.29, 1.82) is 0 Å². The highest BCUT2D eigenvalue weighted by atomic mass is 35.5. The maximum atomic E-state index is 12.6. The lowest BCUT2D eigenvalue weighted by Crippen LogP contribution is -2.58. The Morgan fingerprint density at radius 1 is 1.42 bits per heavy atom. The molecule has 0 aromatic carbocycles. The van der Waals surface area contributed by atoms with Crippen molar-refractivity contribution < 1.29 is 4.79 Å². The number of amides is 2. The van der Waals surface area contributed by atoms with Gasteiger partial charge in [-0.3, -0.25) is 5.32 Å². The van der Waals surface area contributed by atoms with E-state index in [2.05, 4.69) is 34.0 Å². The predicted octanol–water partition coefficient (Wildman–Crippen LogP) is 3.57. The first-order valence-electron chi connectivity index (χ1n) is 7.89. The summed E-state index contributed by atoms with van der Waals surface area (Å²) in [5.74, 6) is 1.14. The molecule has 1 aliphatic heterocycles. The number of rotatable bonds is 3. The molecule has 24 heavy (non-hydrogen) atoms. The Kier molecular flexibility index (Phi) is 5.20. The monoisotopic (exact) mass is 365 g/mol. The lowest BCUT2D eigenvalue weighted by Gasteiger charge is -2.43. The molecule has 0 aliphatic carbocycles. The summed E-state index contributed by atoms with van der Waals surface area (Å²) < 4.78 is 0. The third-order valence-corrected chi connectivity index (χ3v) is 5.10. The van der Waals surface area contributed by atoms with Crippen molar-refractivity contribution in [1.82, 2.24) is 14.9 Å². The van der Waals surface area contributed by atoms with Gasteiger partial charge in [-0.25, -0.2) is 14.8 Å². The minimum Gasteiger partial charge on any atom is -0.353 e. The molecule has 2 aromatic heterocycles. The third kappa shape index (κ3) is 3.79. The van der Waals surface area contributed by atoms with Crippen molar-refractivity contribution in [2.75, 3.05) is 29.9 Å². The molecule has 1 saturated heterocycles. The van der Waals surface area contributed by atoms with Crippen LogP contribution in [0.15, 0.2) is 29.8 Å². The van der Waals surface area contributed by atoms with Gasteiger partial charge in [-0.2, -0.15) is 0 Å². The van der Waals surface area contributed by atoms with Gasteiger partial charge in [-0.1, -0.05) is 13.8 Å². The zero-order valence-electron chi connectivity index (χ0n) is 13.6. The maximum absolute atomic E-state index is 12.6. The summed E-state index contributed by atoms with van der Waals surface area (Å²) in [5.41, 5.74) is 0. The quantitative estimate of drug-likeness (QED) is 0.844. The second-order valence-corrected chi connectivity index (χ2v) is 7.33. The lowest BCUT2D eigenvalue weighted by atomic mass is 10.00. The summed E-state index contributed by atoms with van der Waals surface area (Å²) in [6.45, 7) is 6.35. The van der Waals surface area contributed by atoms with Crippen LogP contribution in [0.2, 0.25) is 5.28 Å². The predicted molar refractivity (Wildman–Crippen MR) is 97.9 cm³/mol. The highest BCUT2D eigenvalue weighted by Gasteiger charge is 2.33. The summed E-state index contributed by atoms with van der Waals surface area (Å²) in [6.07, 6.45) is 1.66. The number of carbonyl (C=O) groups excluding carboxylic acids is 1. The molecule has 2 aromatic rings. The zero-order valence-corrected chi connectivity index (χ0v) is 15.2. The molecule has 8 heteroatoms. The zero-order chi connectivity index (χ0) is 17.1. The van der Waals surface area contributed by atoms with E-state index in [0.717, 1.165) is 17.4 Å². The summed E-state index contributed by atoms with van der Waals surface area (Å²) in [5, 5.41) is 6.04. The van der Waals surface area contributed by atoms with E-state index in [1.165, 1.54) is 11.3 Å². The van der Waals surface area contributed by atoms with Crippen LogP contribution >= 0.6 is 22.9 Å². The number of thiophene rings is 1. The molecule has 128 valence electrons. The number of hydrogen-bond donors (Lipinski definition) is 1. The van der Waals surface area contributed by atoms with Crippen LogP contribution < -0.4 is 10.2 Å². The fourth-order valence-corrected chi connectivity index (χ4v) is 3.62. The van der Waals surface area contributed by atoms with Crippen molar-refractivity contribution in [2.24, 2.45) is 5.92 Å². The minimum atomic E-state index is -0.0449. The molecule has 1 unspecified atom stereocenters. The molecule has 0 bridgehead atoms. The number of aromatic nitrogens is 2. The maximum Gasteiger partial charge on any atom is 0.322 e. The molecule has 3 rings (SSSR count). The van der Waals surface area contributed by atoms with Gasteiger partial charge in [0.1, 0.15) is 5.82 Å². The van der Waals surface area contributed by atoms with Crippen LogP contribution in [0.4, 0.5) is 15.6 Å². The van der Waals surface area contributed by atoms with Crippen LogP contribution in [0.3, 0.4) is 0 Å². The van der Waals surface area contributed by atoms with Gasteiger partial charge in [0, 0.05) is 25.8 Å². The lowest BCUT2D eigenvalue weighted by molar-refractivity contribution is 0.156. The summed E-state index contributed by atoms with van der Waals surface area (Å²) >= 11 is 7.42. The SMILES string of the molecule is CC(C)C1CN(c2ccnc(Cl)n2)CCN1C(=O)Nc1cccs1. The number of hydrogen-bond acceptors (Lipinski definition) is 5. The molecule has 0 spiro atoms. The van der Waals surface area contributed by atoms with Crippen molar-refractivity contribution >= 4 is 39.8 Å². The van der Waals surface area contributed by atoms with E-state index in [-0.39, 0.29) is 17.4 Å². The number of nitrogens with zero attached hydrogens (tertiary/aromatic N) is 4. The molecule has 0 radical (unpaired) electrons. The molecule has 1 fully saturated rings. The van der Waals surface area contributed by atoms with E-state index in [0.29, 0.717) is 19.0 Å². The Labute approximate surface area is 150 Å². The first-order valence-corrected chi connectivity index (χ1v) is 9.15. The molecular formula is C16H20ClN5OS. The van der Waals surface area contributed by atoms with Crippen LogP contribution in [0.25, 0.3) is 0 Å². The Morgan fingerprint density at radius 3 is 2.92 bits per heavy atom. The van der Waals surface area contributed by atoms with Gasteiger partial charge in [0.25, 0.3) is 0 Å². The topological polar surface area (TPSA) is 61.4 Å². The second-order valence-electron chi connectivity index (χ2n) is 6.04. The Hall–Kier alpha value is -1.86. The van der Waals surface area contributed by atoms with Crippen molar-refractivity contribution in [3.05, 3.63) is 35.1 Å². The average Bonchev–Trinajstić information content (AvgIpc) is 3.07. The van der Waals surface area contributed by atoms with Crippen molar-refractivity contribution in [3.8, 4) is 0 Å². The van der Waals surface area contributed by atoms with Crippen LogP contribution in [0, 0.1) is 5.92 Å². The third-order valence-electron chi connectivity index (χ3n) is 4.14. The standard InChI is InChI=1S/C16H20ClN5OS/c1-11(2)12-10-21(13-5-6-18-15(17)19-13)7-8-22(12)16(23)20-14-4-3-9-24-14/h3-6,9,11-12H,7-8,10H2,1-2H3,(H,20,23). The number of anilines is 2. The summed E-state index contributed by atoms with van der Waals surface area (Å²) in [7, 11) is 0. The molecular weight excluding hydrogens is 346 g/mol. The molecule has 6 nitrogen and oxygen atoms in total. The normalized spacial score (nSPS) is 18.1. The van der Waals surface area contributed by atoms with Gasteiger partial charge in [0.15, 0.2) is 0 Å². The van der Waals surface area contributed by atoms with Crippen molar-refractivity contribution in [2.45, 2.75) is 19.9 Å². The van der Waals surface area contributed by atoms with Gasteiger partial charge >= 0.3 is 6.03 Å². The highest BCUT2D eigenvalue weighted by Crippen LogP contribution is 2.23. The number of halogens is 1. The van der Waals surface area contributed by atoms with E-state index in [9.17, 15) is 4.79 Å². The van der Waals surface area contributed by atoms with E-state index >= 15 is 0 Å². The van der Waals surface area contributed by atoms with Gasteiger partial charge in [0.05, 0.1) is 11.0 Å². The number of carbonyl (C=O) groups is 1. The van der Waals surface area contributed by atoms with Gasteiger partial charge in [-0.05, 0) is 41.1 Å². The van der Waals surface area contributed by atoms with E-state index in [1.54, 1.807) is 6.20 Å². The van der Waals surface area contributed by atoms with Crippen molar-refractivity contribution in [3.63, 3.8) is 0 Å². The fraction of sp³-hybridized carbons (Fsp3) is 0.438. The number of piperazine rings is 1. The van der Waals surface area contributed by atoms with Crippen LogP contribution in [0.5, 0.6) is 0 Å².